The summed E-state index contributed by atoms with van der Waals surface area (Å²) in [6, 6.07) is 2.27. The Hall–Kier alpha value is -1.62. The molecule has 0 atom stereocenters. The number of carbonyl (C=O) groups excluding carboxylic acids is 1. The number of aryl methyl sites for hydroxylation is 1. The van der Waals surface area contributed by atoms with Crippen LogP contribution in [0.4, 0.5) is 5.69 Å². The Morgan fingerprint density at radius 3 is 2.89 bits per heavy atom. The van der Waals surface area contributed by atoms with Crippen LogP contribution in [-0.2, 0) is 4.74 Å². The first-order valence-electron chi connectivity index (χ1n) is 6.61. The van der Waals surface area contributed by atoms with Gasteiger partial charge in [0, 0.05) is 38.6 Å². The van der Waals surface area contributed by atoms with Crippen LogP contribution in [0.15, 0.2) is 12.3 Å². The molecule has 19 heavy (non-hydrogen) atoms. The molecule has 0 aromatic carbocycles. The van der Waals surface area contributed by atoms with Crippen LogP contribution < -0.4 is 5.32 Å². The molecule has 5 nitrogen and oxygen atoms in total. The Labute approximate surface area is 114 Å². The van der Waals surface area contributed by atoms with Crippen molar-refractivity contribution in [1.29, 1.82) is 0 Å². The van der Waals surface area contributed by atoms with E-state index in [9.17, 15) is 4.79 Å². The number of amides is 1. The second-order valence-electron chi connectivity index (χ2n) is 4.84. The summed E-state index contributed by atoms with van der Waals surface area (Å²) in [5, 5.41) is 3.07. The number of rotatable bonds is 6. The highest BCUT2D eigenvalue weighted by Gasteiger charge is 2.33. The highest BCUT2D eigenvalue weighted by Crippen LogP contribution is 2.29. The monoisotopic (exact) mass is 263 g/mol. The van der Waals surface area contributed by atoms with Crippen LogP contribution in [-0.4, -0.2) is 49.1 Å². The number of methoxy groups -OCH3 is 1. The summed E-state index contributed by atoms with van der Waals surface area (Å²) in [6.45, 7) is 3.12. The molecule has 2 rings (SSSR count). The van der Waals surface area contributed by atoms with Gasteiger partial charge in [-0.15, -0.1) is 0 Å². The Morgan fingerprint density at radius 1 is 1.58 bits per heavy atom. The number of pyridine rings is 1. The molecule has 5 heteroatoms. The molecule has 0 radical (unpaired) electrons. The van der Waals surface area contributed by atoms with Gasteiger partial charge in [-0.25, -0.2) is 0 Å². The fourth-order valence-corrected chi connectivity index (χ4v) is 2.12. The smallest absolute Gasteiger partial charge is 0.257 e. The number of nitrogens with one attached hydrogen (secondary N) is 1. The van der Waals surface area contributed by atoms with Gasteiger partial charge < -0.3 is 15.0 Å². The van der Waals surface area contributed by atoms with Crippen LogP contribution >= 0.6 is 0 Å². The largest absolute Gasteiger partial charge is 0.387 e. The van der Waals surface area contributed by atoms with Gasteiger partial charge >= 0.3 is 0 Å². The van der Waals surface area contributed by atoms with Gasteiger partial charge in [-0.2, -0.15) is 0 Å². The van der Waals surface area contributed by atoms with Crippen LogP contribution in [0.3, 0.4) is 0 Å². The van der Waals surface area contributed by atoms with E-state index in [0.717, 1.165) is 24.2 Å². The maximum atomic E-state index is 12.6. The van der Waals surface area contributed by atoms with Crippen molar-refractivity contribution >= 4 is 11.6 Å². The Bertz CT molecular complexity index is 458. The van der Waals surface area contributed by atoms with Crippen molar-refractivity contribution in [3.05, 3.63) is 23.5 Å². The highest BCUT2D eigenvalue weighted by molar-refractivity contribution is 5.99. The summed E-state index contributed by atoms with van der Waals surface area (Å²) in [6.07, 6.45) is 3.83. The molecule has 1 N–H and O–H groups in total. The maximum Gasteiger partial charge on any atom is 0.257 e. The molecule has 1 fully saturated rings. The number of hydrogen-bond donors (Lipinski definition) is 1. The number of carbonyl (C=O) groups is 1. The normalized spacial score (nSPS) is 14.3. The van der Waals surface area contributed by atoms with E-state index in [1.165, 1.54) is 0 Å². The van der Waals surface area contributed by atoms with Gasteiger partial charge in [0.1, 0.15) is 0 Å². The Morgan fingerprint density at radius 2 is 2.32 bits per heavy atom. The fourth-order valence-electron chi connectivity index (χ4n) is 2.12. The van der Waals surface area contributed by atoms with E-state index in [1.807, 2.05) is 24.9 Å². The van der Waals surface area contributed by atoms with Crippen molar-refractivity contribution in [2.24, 2.45) is 0 Å². The minimum absolute atomic E-state index is 0.0383. The van der Waals surface area contributed by atoms with Gasteiger partial charge in [0.05, 0.1) is 17.9 Å². The summed E-state index contributed by atoms with van der Waals surface area (Å²) < 4.78 is 5.09. The lowest BCUT2D eigenvalue weighted by Gasteiger charge is -2.23. The van der Waals surface area contributed by atoms with Crippen LogP contribution in [0.1, 0.15) is 28.9 Å². The molecular weight excluding hydrogens is 242 g/mol. The van der Waals surface area contributed by atoms with E-state index >= 15 is 0 Å². The van der Waals surface area contributed by atoms with E-state index in [0.29, 0.717) is 24.8 Å². The number of anilines is 1. The molecule has 0 spiro atoms. The molecule has 1 aromatic heterocycles. The van der Waals surface area contributed by atoms with Gasteiger partial charge in [-0.1, -0.05) is 0 Å². The predicted molar refractivity (Wildman–Crippen MR) is 74.5 cm³/mol. The Kier molecular flexibility index (Phi) is 4.37. The second-order valence-corrected chi connectivity index (χ2v) is 4.84. The Balaban J connectivity index is 2.20. The van der Waals surface area contributed by atoms with Crippen molar-refractivity contribution in [1.82, 2.24) is 9.88 Å². The number of ether oxygens (including phenoxy) is 1. The van der Waals surface area contributed by atoms with Crippen LogP contribution in [0.2, 0.25) is 0 Å². The molecule has 1 saturated carbocycles. The summed E-state index contributed by atoms with van der Waals surface area (Å²) in [5.41, 5.74) is 2.37. The van der Waals surface area contributed by atoms with Crippen molar-refractivity contribution < 1.29 is 9.53 Å². The van der Waals surface area contributed by atoms with Crippen molar-refractivity contribution in [2.45, 2.75) is 25.8 Å². The zero-order chi connectivity index (χ0) is 13.8. The third-order valence-electron chi connectivity index (χ3n) is 3.33. The molecule has 1 aliphatic carbocycles. The number of nitrogens with zero attached hydrogens (tertiary/aromatic N) is 2. The molecule has 0 unspecified atom stereocenters. The van der Waals surface area contributed by atoms with Crippen molar-refractivity contribution in [2.75, 3.05) is 32.6 Å². The fraction of sp³-hybridized carbons (Fsp3) is 0.571. The van der Waals surface area contributed by atoms with E-state index in [4.69, 9.17) is 4.74 Å². The lowest BCUT2D eigenvalue weighted by Crippen LogP contribution is -2.36. The number of hydrogen-bond acceptors (Lipinski definition) is 4. The molecule has 0 bridgehead atoms. The van der Waals surface area contributed by atoms with Crippen molar-refractivity contribution in [3.63, 3.8) is 0 Å². The minimum Gasteiger partial charge on any atom is -0.387 e. The summed E-state index contributed by atoms with van der Waals surface area (Å²) >= 11 is 0. The van der Waals surface area contributed by atoms with E-state index < -0.39 is 0 Å². The van der Waals surface area contributed by atoms with Crippen LogP contribution in [0.5, 0.6) is 0 Å². The van der Waals surface area contributed by atoms with Gasteiger partial charge in [-0.3, -0.25) is 9.78 Å². The maximum absolute atomic E-state index is 12.6. The third-order valence-corrected chi connectivity index (χ3v) is 3.33. The number of aromatic nitrogens is 1. The average Bonchev–Trinajstić information content (AvgIpc) is 3.23. The molecule has 0 aliphatic heterocycles. The SMILES string of the molecule is CNc1cc(C)ncc1C(=O)N(CCOC)C1CC1. The lowest BCUT2D eigenvalue weighted by atomic mass is 10.1. The van der Waals surface area contributed by atoms with E-state index in [1.54, 1.807) is 13.3 Å². The summed E-state index contributed by atoms with van der Waals surface area (Å²) in [7, 11) is 3.48. The third kappa shape index (κ3) is 3.23. The van der Waals surface area contributed by atoms with E-state index in [2.05, 4.69) is 10.3 Å². The lowest BCUT2D eigenvalue weighted by molar-refractivity contribution is 0.0680. The zero-order valence-corrected chi connectivity index (χ0v) is 11.8. The standard InChI is InChI=1S/C14H21N3O2/c1-10-8-13(15-2)12(9-16-10)14(18)17(6-7-19-3)11-4-5-11/h8-9,11H,4-7H2,1-3H3,(H,15,16). The van der Waals surface area contributed by atoms with Crippen molar-refractivity contribution in [3.8, 4) is 0 Å². The molecule has 104 valence electrons. The first-order valence-corrected chi connectivity index (χ1v) is 6.61. The van der Waals surface area contributed by atoms with Gasteiger partial charge in [0.15, 0.2) is 0 Å². The molecular formula is C14H21N3O2. The van der Waals surface area contributed by atoms with Crippen LogP contribution in [0.25, 0.3) is 0 Å². The molecule has 1 aromatic rings. The molecule has 0 saturated heterocycles. The molecule has 1 aliphatic rings. The summed E-state index contributed by atoms with van der Waals surface area (Å²) in [4.78, 5) is 18.7. The quantitative estimate of drug-likeness (QED) is 0.848. The first kappa shape index (κ1) is 13.8. The molecule has 1 amide bonds. The van der Waals surface area contributed by atoms with Gasteiger partial charge in [-0.05, 0) is 25.8 Å². The molecule has 1 heterocycles. The summed E-state index contributed by atoms with van der Waals surface area (Å²) in [5.74, 6) is 0.0383. The predicted octanol–water partition coefficient (Wildman–Crippen LogP) is 1.68. The topological polar surface area (TPSA) is 54.5 Å². The van der Waals surface area contributed by atoms with Gasteiger partial charge in [0.25, 0.3) is 5.91 Å². The van der Waals surface area contributed by atoms with Crippen LogP contribution in [0, 0.1) is 6.92 Å². The van der Waals surface area contributed by atoms with Gasteiger partial charge in [0.2, 0.25) is 0 Å². The first-order chi connectivity index (χ1) is 9.17. The average molecular weight is 263 g/mol. The highest BCUT2D eigenvalue weighted by atomic mass is 16.5. The minimum atomic E-state index is 0.0383. The van der Waals surface area contributed by atoms with E-state index in [-0.39, 0.29) is 5.91 Å². The second kappa shape index (κ2) is 6.02. The zero-order valence-electron chi connectivity index (χ0n) is 11.8.